The number of unbranched alkanes of at least 4 members (excludes halogenated alkanes) is 2. The lowest BCUT2D eigenvalue weighted by Gasteiger charge is -2.24. The quantitative estimate of drug-likeness (QED) is 0.604. The highest BCUT2D eigenvalue weighted by Gasteiger charge is 2.16. The predicted molar refractivity (Wildman–Crippen MR) is 59.4 cm³/mol. The SMILES string of the molecule is CCCCC(C)(C)CCCCC(=O)O. The molecular weight excluding hydrogens is 176 g/mol. The van der Waals surface area contributed by atoms with E-state index in [9.17, 15) is 4.79 Å². The van der Waals surface area contributed by atoms with Gasteiger partial charge in [-0.3, -0.25) is 4.79 Å². The van der Waals surface area contributed by atoms with Gasteiger partial charge in [0.1, 0.15) is 0 Å². The zero-order valence-electron chi connectivity index (χ0n) is 9.81. The molecule has 0 saturated carbocycles. The van der Waals surface area contributed by atoms with Crippen molar-refractivity contribution in [3.63, 3.8) is 0 Å². The van der Waals surface area contributed by atoms with Gasteiger partial charge in [-0.1, -0.05) is 40.0 Å². The van der Waals surface area contributed by atoms with Crippen LogP contribution in [0.15, 0.2) is 0 Å². The monoisotopic (exact) mass is 200 g/mol. The van der Waals surface area contributed by atoms with Crippen molar-refractivity contribution >= 4 is 5.97 Å². The lowest BCUT2D eigenvalue weighted by molar-refractivity contribution is -0.137. The molecule has 0 aliphatic carbocycles. The first kappa shape index (κ1) is 13.5. The van der Waals surface area contributed by atoms with Gasteiger partial charge >= 0.3 is 5.97 Å². The van der Waals surface area contributed by atoms with Crippen molar-refractivity contribution in [3.8, 4) is 0 Å². The molecule has 0 bridgehead atoms. The highest BCUT2D eigenvalue weighted by atomic mass is 16.4. The van der Waals surface area contributed by atoms with Crippen LogP contribution >= 0.6 is 0 Å². The van der Waals surface area contributed by atoms with Crippen LogP contribution in [-0.4, -0.2) is 11.1 Å². The molecule has 0 radical (unpaired) electrons. The van der Waals surface area contributed by atoms with E-state index in [4.69, 9.17) is 5.11 Å². The molecule has 1 N–H and O–H groups in total. The fourth-order valence-corrected chi connectivity index (χ4v) is 1.66. The molecule has 0 spiro atoms. The number of hydrogen-bond donors (Lipinski definition) is 1. The normalized spacial score (nSPS) is 11.6. The van der Waals surface area contributed by atoms with Gasteiger partial charge in [-0.25, -0.2) is 0 Å². The smallest absolute Gasteiger partial charge is 0.303 e. The maximum atomic E-state index is 10.3. The third-order valence-corrected chi connectivity index (χ3v) is 2.70. The number of aliphatic carboxylic acids is 1. The third kappa shape index (κ3) is 8.09. The first-order valence-electron chi connectivity index (χ1n) is 5.70. The Hall–Kier alpha value is -0.530. The third-order valence-electron chi connectivity index (χ3n) is 2.70. The number of rotatable bonds is 8. The summed E-state index contributed by atoms with van der Waals surface area (Å²) < 4.78 is 0. The molecule has 0 aliphatic heterocycles. The van der Waals surface area contributed by atoms with Crippen LogP contribution in [-0.2, 0) is 4.79 Å². The first-order valence-corrected chi connectivity index (χ1v) is 5.70. The molecule has 0 aromatic rings. The lowest BCUT2D eigenvalue weighted by Crippen LogP contribution is -2.11. The summed E-state index contributed by atoms with van der Waals surface area (Å²) in [7, 11) is 0. The van der Waals surface area contributed by atoms with Crippen LogP contribution in [0.3, 0.4) is 0 Å². The van der Waals surface area contributed by atoms with Crippen LogP contribution in [0.1, 0.15) is 65.7 Å². The molecule has 84 valence electrons. The van der Waals surface area contributed by atoms with Crippen LogP contribution < -0.4 is 0 Å². The maximum Gasteiger partial charge on any atom is 0.303 e. The highest BCUT2D eigenvalue weighted by molar-refractivity contribution is 5.66. The molecule has 0 atom stereocenters. The molecule has 0 heterocycles. The molecule has 0 saturated heterocycles. The fourth-order valence-electron chi connectivity index (χ4n) is 1.66. The van der Waals surface area contributed by atoms with Crippen LogP contribution in [0.4, 0.5) is 0 Å². The predicted octanol–water partition coefficient (Wildman–Crippen LogP) is 3.85. The molecule has 0 aromatic heterocycles. The summed E-state index contributed by atoms with van der Waals surface area (Å²) in [5.74, 6) is -0.670. The van der Waals surface area contributed by atoms with Gasteiger partial charge < -0.3 is 5.11 Å². The topological polar surface area (TPSA) is 37.3 Å². The van der Waals surface area contributed by atoms with E-state index < -0.39 is 5.97 Å². The van der Waals surface area contributed by atoms with E-state index in [1.54, 1.807) is 0 Å². The Labute approximate surface area is 87.7 Å². The number of carboxylic acids is 1. The summed E-state index contributed by atoms with van der Waals surface area (Å²) in [6.07, 6.45) is 7.14. The Morgan fingerprint density at radius 1 is 1.14 bits per heavy atom. The Bertz CT molecular complexity index is 162. The second-order valence-electron chi connectivity index (χ2n) is 4.87. The van der Waals surface area contributed by atoms with E-state index in [1.165, 1.54) is 19.3 Å². The van der Waals surface area contributed by atoms with Crippen molar-refractivity contribution in [2.45, 2.75) is 65.7 Å². The molecule has 0 fully saturated rings. The van der Waals surface area contributed by atoms with Crippen molar-refractivity contribution in [2.24, 2.45) is 5.41 Å². The van der Waals surface area contributed by atoms with Crippen molar-refractivity contribution in [1.29, 1.82) is 0 Å². The Kier molecular flexibility index (Phi) is 6.60. The van der Waals surface area contributed by atoms with Crippen LogP contribution in [0, 0.1) is 5.41 Å². The largest absolute Gasteiger partial charge is 0.481 e. The average Bonchev–Trinajstić information content (AvgIpc) is 2.09. The molecule has 2 nitrogen and oxygen atoms in total. The Morgan fingerprint density at radius 2 is 1.71 bits per heavy atom. The Balaban J connectivity index is 3.49. The van der Waals surface area contributed by atoms with E-state index in [0.717, 1.165) is 19.3 Å². The minimum absolute atomic E-state index is 0.323. The van der Waals surface area contributed by atoms with E-state index >= 15 is 0 Å². The van der Waals surface area contributed by atoms with E-state index in [0.29, 0.717) is 11.8 Å². The molecule has 0 aromatic carbocycles. The standard InChI is InChI=1S/C12H24O2/c1-4-5-9-12(2,3)10-7-6-8-11(13)14/h4-10H2,1-3H3,(H,13,14). The number of carboxylic acid groups (broad SMARTS) is 1. The van der Waals surface area contributed by atoms with Crippen molar-refractivity contribution in [1.82, 2.24) is 0 Å². The van der Waals surface area contributed by atoms with Gasteiger partial charge in [0.25, 0.3) is 0 Å². The van der Waals surface area contributed by atoms with Crippen molar-refractivity contribution < 1.29 is 9.90 Å². The minimum Gasteiger partial charge on any atom is -0.481 e. The lowest BCUT2D eigenvalue weighted by atomic mass is 9.82. The maximum absolute atomic E-state index is 10.3. The number of carbonyl (C=O) groups is 1. The molecule has 0 amide bonds. The summed E-state index contributed by atoms with van der Waals surface area (Å²) in [4.78, 5) is 10.3. The fraction of sp³-hybridized carbons (Fsp3) is 0.917. The second kappa shape index (κ2) is 6.86. The van der Waals surface area contributed by atoms with Crippen LogP contribution in [0.5, 0.6) is 0 Å². The Morgan fingerprint density at radius 3 is 2.21 bits per heavy atom. The summed E-state index contributed by atoms with van der Waals surface area (Å²) >= 11 is 0. The summed E-state index contributed by atoms with van der Waals surface area (Å²) in [5.41, 5.74) is 0.397. The van der Waals surface area contributed by atoms with Crippen molar-refractivity contribution in [2.75, 3.05) is 0 Å². The molecule has 2 heteroatoms. The minimum atomic E-state index is -0.670. The molecule has 14 heavy (non-hydrogen) atoms. The van der Waals surface area contributed by atoms with Gasteiger partial charge in [0.15, 0.2) is 0 Å². The van der Waals surface area contributed by atoms with Gasteiger partial charge in [0, 0.05) is 6.42 Å². The summed E-state index contributed by atoms with van der Waals surface area (Å²) in [5, 5.41) is 8.48. The molecule has 0 unspecified atom stereocenters. The van der Waals surface area contributed by atoms with Gasteiger partial charge in [-0.15, -0.1) is 0 Å². The zero-order chi connectivity index (χ0) is 11.0. The van der Waals surface area contributed by atoms with E-state index in [-0.39, 0.29) is 0 Å². The van der Waals surface area contributed by atoms with Gasteiger partial charge in [0.05, 0.1) is 0 Å². The molecular formula is C12H24O2. The van der Waals surface area contributed by atoms with E-state index in [2.05, 4.69) is 20.8 Å². The average molecular weight is 200 g/mol. The second-order valence-corrected chi connectivity index (χ2v) is 4.87. The highest BCUT2D eigenvalue weighted by Crippen LogP contribution is 2.29. The molecule has 0 rings (SSSR count). The van der Waals surface area contributed by atoms with Gasteiger partial charge in [-0.05, 0) is 24.7 Å². The van der Waals surface area contributed by atoms with E-state index in [1.807, 2.05) is 0 Å². The van der Waals surface area contributed by atoms with Crippen LogP contribution in [0.25, 0.3) is 0 Å². The number of hydrogen-bond acceptors (Lipinski definition) is 1. The molecule has 0 aliphatic rings. The van der Waals surface area contributed by atoms with Gasteiger partial charge in [-0.2, -0.15) is 0 Å². The van der Waals surface area contributed by atoms with Crippen LogP contribution in [0.2, 0.25) is 0 Å². The van der Waals surface area contributed by atoms with Crippen molar-refractivity contribution in [3.05, 3.63) is 0 Å². The van der Waals surface area contributed by atoms with Gasteiger partial charge in [0.2, 0.25) is 0 Å². The first-order chi connectivity index (χ1) is 6.48. The summed E-state index contributed by atoms with van der Waals surface area (Å²) in [6, 6.07) is 0. The summed E-state index contributed by atoms with van der Waals surface area (Å²) in [6.45, 7) is 6.77. The zero-order valence-corrected chi connectivity index (χ0v) is 9.81.